The molecule has 4 heteroatoms. The molecule has 4 nitrogen and oxygen atoms in total. The molecule has 1 amide bonds. The van der Waals surface area contributed by atoms with Crippen molar-refractivity contribution in [3.8, 4) is 11.5 Å². The van der Waals surface area contributed by atoms with Crippen molar-refractivity contribution in [1.29, 1.82) is 0 Å². The van der Waals surface area contributed by atoms with Crippen LogP contribution in [-0.4, -0.2) is 24.7 Å². The summed E-state index contributed by atoms with van der Waals surface area (Å²) in [5.41, 5.74) is 4.59. The van der Waals surface area contributed by atoms with Crippen LogP contribution >= 0.6 is 0 Å². The lowest BCUT2D eigenvalue weighted by atomic mass is 10.1. The van der Waals surface area contributed by atoms with Crippen molar-refractivity contribution >= 4 is 5.91 Å². The quantitative estimate of drug-likeness (QED) is 0.626. The van der Waals surface area contributed by atoms with E-state index in [0.717, 1.165) is 35.5 Å². The summed E-state index contributed by atoms with van der Waals surface area (Å²) >= 11 is 0. The third-order valence-corrected chi connectivity index (χ3v) is 4.65. The van der Waals surface area contributed by atoms with Gasteiger partial charge in [-0.2, -0.15) is 0 Å². The molecule has 152 valence electrons. The van der Waals surface area contributed by atoms with Crippen molar-refractivity contribution < 1.29 is 14.3 Å². The molecule has 0 aliphatic carbocycles. The van der Waals surface area contributed by atoms with Crippen molar-refractivity contribution in [3.63, 3.8) is 0 Å². The van der Waals surface area contributed by atoms with Crippen LogP contribution < -0.4 is 14.8 Å². The highest BCUT2D eigenvalue weighted by Crippen LogP contribution is 2.24. The third-order valence-electron chi connectivity index (χ3n) is 4.65. The Bertz CT molecular complexity index is 798. The zero-order chi connectivity index (χ0) is 20.7. The summed E-state index contributed by atoms with van der Waals surface area (Å²) in [6.07, 6.45) is 1.40. The number of hydrogen-bond donors (Lipinski definition) is 1. The molecule has 0 aliphatic heterocycles. The predicted molar refractivity (Wildman–Crippen MR) is 114 cm³/mol. The Morgan fingerprint density at radius 2 is 1.79 bits per heavy atom. The molecule has 0 aromatic heterocycles. The first-order chi connectivity index (χ1) is 13.3. The van der Waals surface area contributed by atoms with Crippen LogP contribution in [0.25, 0.3) is 0 Å². The van der Waals surface area contributed by atoms with E-state index in [-0.39, 0.29) is 12.0 Å². The molecule has 0 unspecified atom stereocenters. The minimum absolute atomic E-state index is 0.0875. The summed E-state index contributed by atoms with van der Waals surface area (Å²) in [5.74, 6) is 1.58. The van der Waals surface area contributed by atoms with Crippen molar-refractivity contribution in [2.75, 3.05) is 6.54 Å². The smallest absolute Gasteiger partial charge is 0.260 e. The monoisotopic (exact) mass is 383 g/mol. The highest BCUT2D eigenvalue weighted by Gasteiger charge is 2.16. The average molecular weight is 384 g/mol. The van der Waals surface area contributed by atoms with Gasteiger partial charge >= 0.3 is 0 Å². The Kier molecular flexibility index (Phi) is 7.91. The third kappa shape index (κ3) is 6.59. The number of carbonyl (C=O) groups excluding carboxylic acids is 1. The molecule has 2 aromatic carbocycles. The standard InChI is InChI=1S/C24H33NO3/c1-16(2)27-22-11-7-9-21(15-22)10-8-12-25-24(26)20(6)28-23-14-17(3)13-18(4)19(23)5/h7,9,11,13-16,20H,8,10,12H2,1-6H3,(H,25,26)/t20-/m0/s1. The van der Waals surface area contributed by atoms with Gasteiger partial charge in [0, 0.05) is 6.54 Å². The highest BCUT2D eigenvalue weighted by atomic mass is 16.5. The zero-order valence-electron chi connectivity index (χ0n) is 18.0. The first-order valence-corrected chi connectivity index (χ1v) is 10.0. The molecule has 2 aromatic rings. The molecule has 0 aliphatic rings. The van der Waals surface area contributed by atoms with Crippen molar-refractivity contribution in [1.82, 2.24) is 5.32 Å². The summed E-state index contributed by atoms with van der Waals surface area (Å²) in [6, 6.07) is 12.2. The minimum atomic E-state index is -0.525. The Labute approximate surface area is 169 Å². The molecule has 2 rings (SSSR count). The first-order valence-electron chi connectivity index (χ1n) is 10.0. The van der Waals surface area contributed by atoms with Gasteiger partial charge in [0.15, 0.2) is 6.10 Å². The molecule has 0 heterocycles. The van der Waals surface area contributed by atoms with Gasteiger partial charge in [0.2, 0.25) is 0 Å². The Hall–Kier alpha value is -2.49. The summed E-state index contributed by atoms with van der Waals surface area (Å²) in [7, 11) is 0. The number of carbonyl (C=O) groups is 1. The summed E-state index contributed by atoms with van der Waals surface area (Å²) in [4.78, 5) is 12.4. The van der Waals surface area contributed by atoms with E-state index >= 15 is 0 Å². The fourth-order valence-electron chi connectivity index (χ4n) is 3.06. The van der Waals surface area contributed by atoms with Gasteiger partial charge in [0.25, 0.3) is 5.91 Å². The fraction of sp³-hybridized carbons (Fsp3) is 0.458. The molecular weight excluding hydrogens is 350 g/mol. The molecule has 1 atom stereocenters. The second kappa shape index (κ2) is 10.2. The number of amides is 1. The van der Waals surface area contributed by atoms with Crippen LogP contribution in [0.15, 0.2) is 36.4 Å². The van der Waals surface area contributed by atoms with Gasteiger partial charge in [-0.25, -0.2) is 0 Å². The molecule has 1 N–H and O–H groups in total. The molecule has 28 heavy (non-hydrogen) atoms. The first kappa shape index (κ1) is 21.8. The normalized spacial score (nSPS) is 12.0. The number of nitrogens with one attached hydrogen (secondary N) is 1. The zero-order valence-corrected chi connectivity index (χ0v) is 18.0. The summed E-state index contributed by atoms with van der Waals surface area (Å²) in [6.45, 7) is 12.6. The molecule has 0 bridgehead atoms. The molecule has 0 radical (unpaired) electrons. The maximum atomic E-state index is 12.4. The predicted octanol–water partition coefficient (Wildman–Crippen LogP) is 4.92. The lowest BCUT2D eigenvalue weighted by Gasteiger charge is -2.18. The lowest BCUT2D eigenvalue weighted by Crippen LogP contribution is -2.37. The van der Waals surface area contributed by atoms with Gasteiger partial charge in [-0.15, -0.1) is 0 Å². The SMILES string of the molecule is Cc1cc(C)c(C)c(O[C@@H](C)C(=O)NCCCc2cccc(OC(C)C)c2)c1. The van der Waals surface area contributed by atoms with Crippen LogP contribution in [0.2, 0.25) is 0 Å². The lowest BCUT2D eigenvalue weighted by molar-refractivity contribution is -0.127. The van der Waals surface area contributed by atoms with E-state index in [9.17, 15) is 4.79 Å². The second-order valence-electron chi connectivity index (χ2n) is 7.67. The van der Waals surface area contributed by atoms with Crippen LogP contribution in [-0.2, 0) is 11.2 Å². The van der Waals surface area contributed by atoms with Gasteiger partial charge in [-0.1, -0.05) is 18.2 Å². The van der Waals surface area contributed by atoms with E-state index in [1.807, 2.05) is 45.9 Å². The molecule has 0 saturated heterocycles. The van der Waals surface area contributed by atoms with Crippen LogP contribution in [0, 0.1) is 20.8 Å². The molecular formula is C24H33NO3. The highest BCUT2D eigenvalue weighted by molar-refractivity contribution is 5.80. The van der Waals surface area contributed by atoms with Gasteiger partial charge in [0.1, 0.15) is 11.5 Å². The number of ether oxygens (including phenoxy) is 2. The minimum Gasteiger partial charge on any atom is -0.491 e. The number of benzene rings is 2. The molecule has 0 spiro atoms. The summed E-state index contributed by atoms with van der Waals surface area (Å²) < 4.78 is 11.6. The largest absolute Gasteiger partial charge is 0.491 e. The maximum absolute atomic E-state index is 12.4. The maximum Gasteiger partial charge on any atom is 0.260 e. The van der Waals surface area contributed by atoms with E-state index in [1.54, 1.807) is 6.92 Å². The van der Waals surface area contributed by atoms with Gasteiger partial charge in [-0.05, 0) is 94.8 Å². The van der Waals surface area contributed by atoms with E-state index in [0.29, 0.717) is 6.54 Å². The Balaban J connectivity index is 1.79. The molecule has 0 fully saturated rings. The Morgan fingerprint density at radius 1 is 1.04 bits per heavy atom. The van der Waals surface area contributed by atoms with E-state index < -0.39 is 6.10 Å². The van der Waals surface area contributed by atoms with Crippen molar-refractivity contribution in [2.45, 2.75) is 66.6 Å². The van der Waals surface area contributed by atoms with Crippen molar-refractivity contribution in [2.24, 2.45) is 0 Å². The Morgan fingerprint density at radius 3 is 2.50 bits per heavy atom. The van der Waals surface area contributed by atoms with E-state index in [1.165, 1.54) is 11.1 Å². The van der Waals surface area contributed by atoms with Gasteiger partial charge < -0.3 is 14.8 Å². The van der Waals surface area contributed by atoms with Crippen LogP contribution in [0.4, 0.5) is 0 Å². The number of aryl methyl sites for hydroxylation is 3. The topological polar surface area (TPSA) is 47.6 Å². The van der Waals surface area contributed by atoms with Crippen LogP contribution in [0.1, 0.15) is 49.4 Å². The fourth-order valence-corrected chi connectivity index (χ4v) is 3.06. The number of rotatable bonds is 9. The van der Waals surface area contributed by atoms with Crippen LogP contribution in [0.3, 0.4) is 0 Å². The molecule has 0 saturated carbocycles. The van der Waals surface area contributed by atoms with E-state index in [4.69, 9.17) is 9.47 Å². The summed E-state index contributed by atoms with van der Waals surface area (Å²) in [5, 5.41) is 2.97. The average Bonchev–Trinajstić information content (AvgIpc) is 2.62. The van der Waals surface area contributed by atoms with Crippen LogP contribution in [0.5, 0.6) is 11.5 Å². The van der Waals surface area contributed by atoms with Crippen molar-refractivity contribution in [3.05, 3.63) is 58.7 Å². The number of hydrogen-bond acceptors (Lipinski definition) is 3. The van der Waals surface area contributed by atoms with Gasteiger partial charge in [-0.3, -0.25) is 4.79 Å². The van der Waals surface area contributed by atoms with Gasteiger partial charge in [0.05, 0.1) is 6.10 Å². The second-order valence-corrected chi connectivity index (χ2v) is 7.67. The van der Waals surface area contributed by atoms with E-state index in [2.05, 4.69) is 30.4 Å².